The molecule has 0 amide bonds. The molecule has 2 aromatic heterocycles. The fraction of sp³-hybridized carbons (Fsp3) is 0.273. The topological polar surface area (TPSA) is 80.9 Å². The molecule has 2 rings (SSSR count). The van der Waals surface area contributed by atoms with Crippen LogP contribution in [0.25, 0.3) is 0 Å². The predicted molar refractivity (Wildman–Crippen MR) is 59.9 cm³/mol. The van der Waals surface area contributed by atoms with E-state index in [1.54, 1.807) is 24.4 Å². The van der Waals surface area contributed by atoms with Crippen molar-refractivity contribution >= 4 is 5.97 Å². The number of aryl methyl sites for hydroxylation is 2. The number of pyridine rings is 1. The molecule has 2 aromatic rings. The summed E-state index contributed by atoms with van der Waals surface area (Å²) in [5.41, 5.74) is -0.686. The van der Waals surface area contributed by atoms with Crippen LogP contribution in [0.4, 0.5) is 8.78 Å². The van der Waals surface area contributed by atoms with Crippen molar-refractivity contribution < 1.29 is 18.7 Å². The first-order chi connectivity index (χ1) is 9.09. The Labute approximate surface area is 106 Å². The van der Waals surface area contributed by atoms with Crippen molar-refractivity contribution in [3.8, 4) is 0 Å². The Morgan fingerprint density at radius 1 is 1.42 bits per heavy atom. The maximum atomic E-state index is 12.8. The van der Waals surface area contributed by atoms with Gasteiger partial charge in [-0.15, -0.1) is 5.10 Å². The molecule has 19 heavy (non-hydrogen) atoms. The van der Waals surface area contributed by atoms with Crippen LogP contribution < -0.4 is 0 Å². The molecule has 0 radical (unpaired) electrons. The summed E-state index contributed by atoms with van der Waals surface area (Å²) in [5, 5.41) is 15.5. The van der Waals surface area contributed by atoms with Crippen LogP contribution in [0.2, 0.25) is 0 Å². The minimum Gasteiger partial charge on any atom is -0.476 e. The molecule has 0 aliphatic heterocycles. The lowest BCUT2D eigenvalue weighted by molar-refractivity contribution is 0.0675. The molecule has 8 heteroatoms. The molecule has 2 heterocycles. The number of carboxylic acid groups (broad SMARTS) is 1. The Hall–Kier alpha value is -2.38. The normalized spacial score (nSPS) is 10.9. The number of halogens is 2. The lowest BCUT2D eigenvalue weighted by atomic mass is 10.2. The van der Waals surface area contributed by atoms with Gasteiger partial charge in [-0.1, -0.05) is 11.3 Å². The van der Waals surface area contributed by atoms with E-state index in [0.717, 1.165) is 4.68 Å². The average Bonchev–Trinajstić information content (AvgIpc) is 2.81. The van der Waals surface area contributed by atoms with Gasteiger partial charge in [0, 0.05) is 24.9 Å². The van der Waals surface area contributed by atoms with Crippen LogP contribution in [0.1, 0.15) is 28.3 Å². The smallest absolute Gasteiger partial charge is 0.358 e. The average molecular weight is 268 g/mol. The zero-order valence-electron chi connectivity index (χ0n) is 9.70. The Balaban J connectivity index is 2.19. The van der Waals surface area contributed by atoms with Gasteiger partial charge in [0.15, 0.2) is 5.69 Å². The van der Waals surface area contributed by atoms with Crippen LogP contribution in [0, 0.1) is 0 Å². The maximum absolute atomic E-state index is 12.8. The highest BCUT2D eigenvalue weighted by Gasteiger charge is 2.26. The summed E-state index contributed by atoms with van der Waals surface area (Å²) in [6.45, 7) is 0.0942. The molecule has 0 aromatic carbocycles. The Morgan fingerprint density at radius 2 is 2.21 bits per heavy atom. The van der Waals surface area contributed by atoms with Crippen molar-refractivity contribution in [2.24, 2.45) is 0 Å². The molecule has 0 aliphatic rings. The number of carboxylic acids is 1. The number of aromatic nitrogens is 4. The van der Waals surface area contributed by atoms with E-state index < -0.39 is 23.8 Å². The van der Waals surface area contributed by atoms with Crippen LogP contribution in [0.5, 0.6) is 0 Å². The number of nitrogens with zero attached hydrogens (tertiary/aromatic N) is 4. The fourth-order valence-electron chi connectivity index (χ4n) is 1.62. The molecule has 0 saturated carbocycles. The van der Waals surface area contributed by atoms with Crippen LogP contribution in [0.15, 0.2) is 24.4 Å². The Morgan fingerprint density at radius 3 is 2.79 bits per heavy atom. The monoisotopic (exact) mass is 268 g/mol. The van der Waals surface area contributed by atoms with Gasteiger partial charge in [0.2, 0.25) is 0 Å². The highest BCUT2D eigenvalue weighted by Crippen LogP contribution is 2.21. The molecule has 100 valence electrons. The highest BCUT2D eigenvalue weighted by molar-refractivity contribution is 5.86. The maximum Gasteiger partial charge on any atom is 0.358 e. The van der Waals surface area contributed by atoms with E-state index in [-0.39, 0.29) is 6.54 Å². The standard InChI is InChI=1S/C11H10F2N4O2/c12-10(13)9-8(11(18)19)15-16-17(9)6-4-7-3-1-2-5-14-7/h1-3,5,10H,4,6H2,(H,18,19). The number of hydrogen-bond acceptors (Lipinski definition) is 4. The van der Waals surface area contributed by atoms with Crippen molar-refractivity contribution in [3.63, 3.8) is 0 Å². The summed E-state index contributed by atoms with van der Waals surface area (Å²) in [4.78, 5) is 14.8. The van der Waals surface area contributed by atoms with E-state index in [0.29, 0.717) is 12.1 Å². The van der Waals surface area contributed by atoms with Crippen molar-refractivity contribution in [1.82, 2.24) is 20.0 Å². The third-order valence-corrected chi connectivity index (χ3v) is 2.49. The second-order valence-corrected chi connectivity index (χ2v) is 3.72. The fourth-order valence-corrected chi connectivity index (χ4v) is 1.62. The van der Waals surface area contributed by atoms with Gasteiger partial charge in [0.05, 0.1) is 0 Å². The van der Waals surface area contributed by atoms with Gasteiger partial charge >= 0.3 is 5.97 Å². The molecule has 1 N–H and O–H groups in total. The number of hydrogen-bond donors (Lipinski definition) is 1. The van der Waals surface area contributed by atoms with Crippen LogP contribution in [-0.4, -0.2) is 31.1 Å². The number of aromatic carboxylic acids is 1. The van der Waals surface area contributed by atoms with Gasteiger partial charge in [-0.3, -0.25) is 4.98 Å². The second-order valence-electron chi connectivity index (χ2n) is 3.72. The van der Waals surface area contributed by atoms with E-state index in [2.05, 4.69) is 15.3 Å². The summed E-state index contributed by atoms with van der Waals surface area (Å²) < 4.78 is 26.6. The summed E-state index contributed by atoms with van der Waals surface area (Å²) in [6.07, 6.45) is -0.985. The van der Waals surface area contributed by atoms with E-state index in [1.807, 2.05) is 0 Å². The molecule has 0 saturated heterocycles. The van der Waals surface area contributed by atoms with Gasteiger partial charge in [0.25, 0.3) is 6.43 Å². The Bertz CT molecular complexity index is 571. The third-order valence-electron chi connectivity index (χ3n) is 2.49. The quantitative estimate of drug-likeness (QED) is 0.889. The molecule has 0 bridgehead atoms. The highest BCUT2D eigenvalue weighted by atomic mass is 19.3. The summed E-state index contributed by atoms with van der Waals surface area (Å²) >= 11 is 0. The predicted octanol–water partition coefficient (Wildman–Crippen LogP) is 1.55. The van der Waals surface area contributed by atoms with Gasteiger partial charge in [-0.2, -0.15) is 0 Å². The lowest BCUT2D eigenvalue weighted by Crippen LogP contribution is -2.11. The van der Waals surface area contributed by atoms with Crippen molar-refractivity contribution in [2.75, 3.05) is 0 Å². The van der Waals surface area contributed by atoms with Gasteiger partial charge in [-0.25, -0.2) is 18.3 Å². The lowest BCUT2D eigenvalue weighted by Gasteiger charge is -2.05. The molecule has 0 aliphatic carbocycles. The van der Waals surface area contributed by atoms with Gasteiger partial charge in [0.1, 0.15) is 5.69 Å². The molecule has 6 nitrogen and oxygen atoms in total. The molecular formula is C11H10F2N4O2. The van der Waals surface area contributed by atoms with Gasteiger partial charge < -0.3 is 5.11 Å². The van der Waals surface area contributed by atoms with Crippen molar-refractivity contribution in [3.05, 3.63) is 41.5 Å². The number of carbonyl (C=O) groups is 1. The summed E-state index contributed by atoms with van der Waals surface area (Å²) in [7, 11) is 0. The number of rotatable bonds is 5. The number of alkyl halides is 2. The first-order valence-corrected chi connectivity index (χ1v) is 5.44. The van der Waals surface area contributed by atoms with Crippen LogP contribution in [-0.2, 0) is 13.0 Å². The van der Waals surface area contributed by atoms with Crippen molar-refractivity contribution in [2.45, 2.75) is 19.4 Å². The summed E-state index contributed by atoms with van der Waals surface area (Å²) in [5.74, 6) is -1.51. The van der Waals surface area contributed by atoms with Crippen LogP contribution in [0.3, 0.4) is 0 Å². The first kappa shape index (κ1) is 13.1. The SMILES string of the molecule is O=C(O)c1nnn(CCc2ccccn2)c1C(F)F. The van der Waals surface area contributed by atoms with E-state index in [1.165, 1.54) is 0 Å². The van der Waals surface area contributed by atoms with Crippen LogP contribution >= 0.6 is 0 Å². The molecule has 0 atom stereocenters. The van der Waals surface area contributed by atoms with E-state index >= 15 is 0 Å². The largest absolute Gasteiger partial charge is 0.476 e. The summed E-state index contributed by atoms with van der Waals surface area (Å²) in [6, 6.07) is 5.27. The minimum atomic E-state index is -2.94. The van der Waals surface area contributed by atoms with E-state index in [9.17, 15) is 13.6 Å². The first-order valence-electron chi connectivity index (χ1n) is 5.44. The molecule has 0 spiro atoms. The third kappa shape index (κ3) is 2.90. The zero-order valence-corrected chi connectivity index (χ0v) is 9.70. The second kappa shape index (κ2) is 5.51. The van der Waals surface area contributed by atoms with E-state index in [4.69, 9.17) is 5.11 Å². The zero-order chi connectivity index (χ0) is 13.8. The molecule has 0 unspecified atom stereocenters. The minimum absolute atomic E-state index is 0.0942. The molecule has 0 fully saturated rings. The molecular weight excluding hydrogens is 258 g/mol. The van der Waals surface area contributed by atoms with Gasteiger partial charge in [-0.05, 0) is 12.1 Å². The Kier molecular flexibility index (Phi) is 3.79. The van der Waals surface area contributed by atoms with Crippen molar-refractivity contribution in [1.29, 1.82) is 0 Å².